The van der Waals surface area contributed by atoms with E-state index >= 15 is 0 Å². The number of alkyl carbamates (subject to hydrolysis) is 1. The molecule has 0 aliphatic heterocycles. The average Bonchev–Trinajstić information content (AvgIpc) is 3.16. The number of thioether (sulfide) groups is 1. The Morgan fingerprint density at radius 1 is 0.680 bits per heavy atom. The van der Waals surface area contributed by atoms with Crippen molar-refractivity contribution in [2.45, 2.75) is 24.0 Å². The average molecular weight is 690 g/mol. The van der Waals surface area contributed by atoms with Gasteiger partial charge in [0.15, 0.2) is 0 Å². The van der Waals surface area contributed by atoms with E-state index in [-0.39, 0.29) is 30.2 Å². The van der Waals surface area contributed by atoms with E-state index in [0.29, 0.717) is 0 Å². The topological polar surface area (TPSA) is 137 Å². The number of para-hydroxylation sites is 1. The first-order chi connectivity index (χ1) is 24.4. The van der Waals surface area contributed by atoms with Gasteiger partial charge in [-0.05, 0) is 28.3 Å². The minimum absolute atomic E-state index is 0.00587. The third-order valence-corrected chi connectivity index (χ3v) is 9.45. The van der Waals surface area contributed by atoms with E-state index in [1.54, 1.807) is 6.07 Å². The Bertz CT molecular complexity index is 1780. The molecule has 0 radical (unpaired) electrons. The molecular weight excluding hydrogens is 655 g/mol. The normalized spacial score (nSPS) is 11.5. The summed E-state index contributed by atoms with van der Waals surface area (Å²) in [7, 11) is 0. The maximum atomic E-state index is 13.7. The molecule has 0 aliphatic rings. The highest BCUT2D eigenvalue weighted by Crippen LogP contribution is 2.48. The van der Waals surface area contributed by atoms with Crippen LogP contribution in [0.1, 0.15) is 27.8 Å². The van der Waals surface area contributed by atoms with Gasteiger partial charge in [-0.1, -0.05) is 133 Å². The second-order valence-electron chi connectivity index (χ2n) is 11.1. The van der Waals surface area contributed by atoms with Gasteiger partial charge in [-0.25, -0.2) is 4.79 Å². The van der Waals surface area contributed by atoms with Gasteiger partial charge in [0.1, 0.15) is 25.8 Å². The van der Waals surface area contributed by atoms with Gasteiger partial charge in [-0.2, -0.15) is 0 Å². The molecule has 1 atom stereocenters. The highest BCUT2D eigenvalue weighted by atomic mass is 32.2. The number of esters is 1. The van der Waals surface area contributed by atoms with E-state index in [2.05, 4.69) is 10.6 Å². The Labute approximate surface area is 294 Å². The summed E-state index contributed by atoms with van der Waals surface area (Å²) in [4.78, 5) is 50.2. The summed E-state index contributed by atoms with van der Waals surface area (Å²) in [6, 6.07) is 43.6. The number of nitro groups is 1. The molecule has 0 bridgehead atoms. The van der Waals surface area contributed by atoms with Crippen molar-refractivity contribution in [2.75, 3.05) is 12.3 Å². The number of nitro benzene ring substituents is 1. The maximum absolute atomic E-state index is 13.7. The summed E-state index contributed by atoms with van der Waals surface area (Å²) in [6.07, 6.45) is -0.807. The standard InChI is InChI=1S/C39H35N3O7S/c43-36(48-27-30-17-13-14-24-35(30)42(46)47)25-40-37(44)34(41-38(45)49-26-29-15-5-1-6-16-29)28-50-39(31-18-7-2-8-19-31,32-20-9-3-10-21-32)33-22-11-4-12-23-33/h1-24,34H,25-28H2,(H,40,44)(H,41,45)/t34-/m0/s1. The highest BCUT2D eigenvalue weighted by Gasteiger charge is 2.38. The molecule has 5 aromatic rings. The quantitative estimate of drug-likeness (QED) is 0.0532. The largest absolute Gasteiger partial charge is 0.459 e. The number of carbonyl (C=O) groups is 3. The molecule has 2 amide bonds. The Balaban J connectivity index is 1.37. The van der Waals surface area contributed by atoms with Crippen molar-refractivity contribution in [3.8, 4) is 0 Å². The molecule has 0 aromatic heterocycles. The fourth-order valence-corrected chi connectivity index (χ4v) is 6.93. The van der Waals surface area contributed by atoms with Crippen LogP contribution in [0.15, 0.2) is 146 Å². The first-order valence-electron chi connectivity index (χ1n) is 15.8. The molecule has 0 spiro atoms. The van der Waals surface area contributed by atoms with Gasteiger partial charge in [0, 0.05) is 11.8 Å². The van der Waals surface area contributed by atoms with E-state index in [1.807, 2.05) is 121 Å². The van der Waals surface area contributed by atoms with Gasteiger partial charge < -0.3 is 20.1 Å². The smallest absolute Gasteiger partial charge is 0.408 e. The molecule has 0 heterocycles. The van der Waals surface area contributed by atoms with Crippen LogP contribution in [0.4, 0.5) is 10.5 Å². The van der Waals surface area contributed by atoms with E-state index < -0.39 is 40.2 Å². The summed E-state index contributed by atoms with van der Waals surface area (Å²) in [6.45, 7) is -0.875. The molecule has 5 rings (SSSR count). The van der Waals surface area contributed by atoms with Crippen LogP contribution in [-0.2, 0) is 37.0 Å². The number of benzene rings is 5. The van der Waals surface area contributed by atoms with E-state index in [0.717, 1.165) is 22.3 Å². The highest BCUT2D eigenvalue weighted by molar-refractivity contribution is 8.00. The van der Waals surface area contributed by atoms with Crippen LogP contribution in [-0.4, -0.2) is 41.2 Å². The zero-order valence-electron chi connectivity index (χ0n) is 27.0. The van der Waals surface area contributed by atoms with Crippen LogP contribution in [0, 0.1) is 10.1 Å². The second kappa shape index (κ2) is 17.5. The summed E-state index contributed by atoms with van der Waals surface area (Å²) < 4.78 is 9.89. The zero-order chi connectivity index (χ0) is 35.2. The molecule has 50 heavy (non-hydrogen) atoms. The fourth-order valence-electron chi connectivity index (χ4n) is 5.37. The lowest BCUT2D eigenvalue weighted by Crippen LogP contribution is -2.50. The van der Waals surface area contributed by atoms with Crippen molar-refractivity contribution in [1.29, 1.82) is 0 Å². The van der Waals surface area contributed by atoms with E-state index in [4.69, 9.17) is 9.47 Å². The molecule has 10 nitrogen and oxygen atoms in total. The molecular formula is C39H35N3O7S. The third kappa shape index (κ3) is 9.14. The Morgan fingerprint density at radius 3 is 1.72 bits per heavy atom. The number of amides is 2. The lowest BCUT2D eigenvalue weighted by molar-refractivity contribution is -0.385. The second-order valence-corrected chi connectivity index (χ2v) is 12.3. The van der Waals surface area contributed by atoms with Gasteiger partial charge in [0.05, 0.1) is 15.2 Å². The maximum Gasteiger partial charge on any atom is 0.408 e. The van der Waals surface area contributed by atoms with Gasteiger partial charge in [-0.15, -0.1) is 11.8 Å². The lowest BCUT2D eigenvalue weighted by atomic mass is 9.84. The van der Waals surface area contributed by atoms with E-state index in [1.165, 1.54) is 30.0 Å². The molecule has 0 aliphatic carbocycles. The summed E-state index contributed by atoms with van der Waals surface area (Å²) in [5, 5.41) is 16.6. The summed E-state index contributed by atoms with van der Waals surface area (Å²) in [5.41, 5.74) is 3.70. The van der Waals surface area contributed by atoms with Crippen molar-refractivity contribution < 1.29 is 28.8 Å². The molecule has 0 unspecified atom stereocenters. The predicted octanol–water partition coefficient (Wildman–Crippen LogP) is 6.77. The van der Waals surface area contributed by atoms with Crippen molar-refractivity contribution >= 4 is 35.4 Å². The number of hydrogen-bond donors (Lipinski definition) is 2. The van der Waals surface area contributed by atoms with Gasteiger partial charge >= 0.3 is 12.1 Å². The van der Waals surface area contributed by atoms with Crippen LogP contribution >= 0.6 is 11.8 Å². The number of carbonyl (C=O) groups excluding carboxylic acids is 3. The van der Waals surface area contributed by atoms with Crippen LogP contribution in [0.5, 0.6) is 0 Å². The Hall–Kier alpha value is -5.94. The first kappa shape index (κ1) is 35.4. The molecule has 254 valence electrons. The number of nitrogens with zero attached hydrogens (tertiary/aromatic N) is 1. The minimum atomic E-state index is -1.14. The molecule has 0 saturated carbocycles. The lowest BCUT2D eigenvalue weighted by Gasteiger charge is -2.36. The zero-order valence-corrected chi connectivity index (χ0v) is 27.8. The number of hydrogen-bond acceptors (Lipinski definition) is 8. The van der Waals surface area contributed by atoms with Crippen molar-refractivity contribution in [3.05, 3.63) is 184 Å². The van der Waals surface area contributed by atoms with Crippen LogP contribution in [0.2, 0.25) is 0 Å². The molecule has 0 fully saturated rings. The van der Waals surface area contributed by atoms with Crippen LogP contribution < -0.4 is 10.6 Å². The Morgan fingerprint density at radius 2 is 1.18 bits per heavy atom. The number of ether oxygens (including phenoxy) is 2. The van der Waals surface area contributed by atoms with Crippen LogP contribution in [0.3, 0.4) is 0 Å². The monoisotopic (exact) mass is 689 g/mol. The minimum Gasteiger partial charge on any atom is -0.459 e. The first-order valence-corrected chi connectivity index (χ1v) is 16.8. The van der Waals surface area contributed by atoms with Crippen molar-refractivity contribution in [2.24, 2.45) is 0 Å². The van der Waals surface area contributed by atoms with Gasteiger partial charge in [0.2, 0.25) is 5.91 Å². The fraction of sp³-hybridized carbons (Fsp3) is 0.154. The van der Waals surface area contributed by atoms with Crippen LogP contribution in [0.25, 0.3) is 0 Å². The van der Waals surface area contributed by atoms with Gasteiger partial charge in [-0.3, -0.25) is 19.7 Å². The Kier molecular flexibility index (Phi) is 12.3. The predicted molar refractivity (Wildman–Crippen MR) is 191 cm³/mol. The molecule has 11 heteroatoms. The van der Waals surface area contributed by atoms with Gasteiger partial charge in [0.25, 0.3) is 5.69 Å². The van der Waals surface area contributed by atoms with E-state index in [9.17, 15) is 24.5 Å². The molecule has 0 saturated heterocycles. The SMILES string of the molecule is O=C(CNC(=O)[C@H](CSC(c1ccccc1)(c1ccccc1)c1ccccc1)NC(=O)OCc1ccccc1)OCc1ccccc1[N+](=O)[O-]. The number of rotatable bonds is 15. The summed E-state index contributed by atoms with van der Waals surface area (Å²) >= 11 is 1.46. The molecule has 5 aromatic carbocycles. The molecule has 2 N–H and O–H groups in total. The summed E-state index contributed by atoms with van der Waals surface area (Å²) in [5.74, 6) is -1.36. The number of nitrogens with one attached hydrogen (secondary N) is 2. The van der Waals surface area contributed by atoms with Crippen molar-refractivity contribution in [3.63, 3.8) is 0 Å². The third-order valence-electron chi connectivity index (χ3n) is 7.81. The van der Waals surface area contributed by atoms with Crippen molar-refractivity contribution in [1.82, 2.24) is 10.6 Å².